The molecule has 1 aromatic rings. The zero-order chi connectivity index (χ0) is 12.1. The van der Waals surface area contributed by atoms with E-state index < -0.39 is 0 Å². The largest absolute Gasteiger partial charge is 0.497 e. The maximum absolute atomic E-state index is 5.43. The Morgan fingerprint density at radius 3 is 2.59 bits per heavy atom. The lowest BCUT2D eigenvalue weighted by Crippen LogP contribution is -3.12. The fraction of sp³-hybridized carbons (Fsp3) is 0.538. The summed E-state index contributed by atoms with van der Waals surface area (Å²) in [6.45, 7) is 3.55. The molecule has 0 spiro atoms. The minimum Gasteiger partial charge on any atom is -0.497 e. The smallest absolute Gasteiger partial charge is 0.131 e. The van der Waals surface area contributed by atoms with E-state index in [4.69, 9.17) is 9.47 Å². The summed E-state index contributed by atoms with van der Waals surface area (Å²) in [4.78, 5) is 1.65. The van der Waals surface area contributed by atoms with Crippen molar-refractivity contribution in [1.82, 2.24) is 0 Å². The Balaban J connectivity index is 2.08. The molecule has 0 aliphatic carbocycles. The molecule has 1 aliphatic rings. The van der Waals surface area contributed by atoms with Gasteiger partial charge in [0.25, 0.3) is 0 Å². The van der Waals surface area contributed by atoms with Crippen LogP contribution < -0.4 is 14.4 Å². The molecule has 0 aromatic heterocycles. The van der Waals surface area contributed by atoms with Gasteiger partial charge in [0.15, 0.2) is 0 Å². The van der Waals surface area contributed by atoms with Crippen LogP contribution >= 0.6 is 11.8 Å². The molecule has 0 bridgehead atoms. The average Bonchev–Trinajstić information content (AvgIpc) is 2.40. The van der Waals surface area contributed by atoms with E-state index in [0.29, 0.717) is 0 Å². The van der Waals surface area contributed by atoms with Crippen LogP contribution in [-0.4, -0.2) is 38.8 Å². The standard InChI is InChI=1S/C13H19NO2S/c1-15-12-4-3-11(13(9-12)16-2)10-14-5-7-17-8-6-14/h3-4,9H,5-8,10H2,1-2H3/p+1. The molecule has 0 amide bonds. The summed E-state index contributed by atoms with van der Waals surface area (Å²) in [6.07, 6.45) is 0. The number of thioether (sulfide) groups is 1. The summed E-state index contributed by atoms with van der Waals surface area (Å²) in [6, 6.07) is 6.09. The Hall–Kier alpha value is -0.870. The molecule has 1 aliphatic heterocycles. The molecule has 17 heavy (non-hydrogen) atoms. The van der Waals surface area contributed by atoms with Crippen molar-refractivity contribution in [2.75, 3.05) is 38.8 Å². The normalized spacial score (nSPS) is 16.8. The lowest BCUT2D eigenvalue weighted by molar-refractivity contribution is -0.910. The molecule has 0 saturated carbocycles. The van der Waals surface area contributed by atoms with Crippen LogP contribution in [0.5, 0.6) is 11.5 Å². The Morgan fingerprint density at radius 1 is 1.18 bits per heavy atom. The Bertz CT molecular complexity index is 364. The highest BCUT2D eigenvalue weighted by molar-refractivity contribution is 7.99. The molecule has 3 nitrogen and oxygen atoms in total. The van der Waals surface area contributed by atoms with Gasteiger partial charge in [-0.3, -0.25) is 0 Å². The van der Waals surface area contributed by atoms with Gasteiger partial charge in [-0.15, -0.1) is 0 Å². The first-order valence-corrected chi connectivity index (χ1v) is 7.11. The Labute approximate surface area is 107 Å². The van der Waals surface area contributed by atoms with Gasteiger partial charge in [0.2, 0.25) is 0 Å². The average molecular weight is 254 g/mol. The van der Waals surface area contributed by atoms with Crippen molar-refractivity contribution in [3.05, 3.63) is 23.8 Å². The zero-order valence-corrected chi connectivity index (χ0v) is 11.3. The van der Waals surface area contributed by atoms with Crippen LogP contribution in [0.4, 0.5) is 0 Å². The second-order valence-corrected chi connectivity index (χ2v) is 5.44. The van der Waals surface area contributed by atoms with Gasteiger partial charge in [0.1, 0.15) is 18.0 Å². The number of rotatable bonds is 4. The highest BCUT2D eigenvalue weighted by atomic mass is 32.2. The number of hydrogen-bond donors (Lipinski definition) is 1. The minimum absolute atomic E-state index is 0.856. The summed E-state index contributed by atoms with van der Waals surface area (Å²) in [5, 5.41) is 0. The molecule has 1 N–H and O–H groups in total. The summed E-state index contributed by atoms with van der Waals surface area (Å²) < 4.78 is 10.6. The number of methoxy groups -OCH3 is 2. The van der Waals surface area contributed by atoms with E-state index in [9.17, 15) is 0 Å². The fourth-order valence-corrected chi connectivity index (χ4v) is 3.17. The van der Waals surface area contributed by atoms with Crippen LogP contribution in [-0.2, 0) is 6.54 Å². The first-order chi connectivity index (χ1) is 8.33. The van der Waals surface area contributed by atoms with Gasteiger partial charge in [-0.1, -0.05) is 0 Å². The van der Waals surface area contributed by atoms with Gasteiger partial charge in [0.05, 0.1) is 27.3 Å². The van der Waals surface area contributed by atoms with Gasteiger partial charge < -0.3 is 14.4 Å². The van der Waals surface area contributed by atoms with Gasteiger partial charge in [-0.05, 0) is 12.1 Å². The predicted molar refractivity (Wildman–Crippen MR) is 71.3 cm³/mol. The van der Waals surface area contributed by atoms with E-state index in [1.165, 1.54) is 30.2 Å². The molecular weight excluding hydrogens is 234 g/mol. The van der Waals surface area contributed by atoms with Crippen molar-refractivity contribution >= 4 is 11.8 Å². The van der Waals surface area contributed by atoms with Crippen molar-refractivity contribution < 1.29 is 14.4 Å². The van der Waals surface area contributed by atoms with E-state index in [-0.39, 0.29) is 0 Å². The van der Waals surface area contributed by atoms with Crippen LogP contribution in [0.1, 0.15) is 5.56 Å². The molecule has 94 valence electrons. The molecule has 2 rings (SSSR count). The SMILES string of the molecule is COc1ccc(C[NH+]2CCSCC2)c(OC)c1. The van der Waals surface area contributed by atoms with E-state index in [2.05, 4.69) is 17.8 Å². The number of nitrogens with one attached hydrogen (secondary N) is 1. The topological polar surface area (TPSA) is 22.9 Å². The lowest BCUT2D eigenvalue weighted by Gasteiger charge is -2.24. The summed E-state index contributed by atoms with van der Waals surface area (Å²) in [5.74, 6) is 4.34. The monoisotopic (exact) mass is 254 g/mol. The molecule has 0 atom stereocenters. The maximum atomic E-state index is 5.43. The molecule has 1 saturated heterocycles. The number of hydrogen-bond acceptors (Lipinski definition) is 3. The summed E-state index contributed by atoms with van der Waals surface area (Å²) in [5.41, 5.74) is 1.27. The first-order valence-electron chi connectivity index (χ1n) is 5.95. The van der Waals surface area contributed by atoms with Crippen LogP contribution in [0.25, 0.3) is 0 Å². The molecule has 0 unspecified atom stereocenters. The van der Waals surface area contributed by atoms with Crippen LogP contribution in [0.15, 0.2) is 18.2 Å². The van der Waals surface area contributed by atoms with Crippen LogP contribution in [0, 0.1) is 0 Å². The van der Waals surface area contributed by atoms with E-state index in [0.717, 1.165) is 18.0 Å². The van der Waals surface area contributed by atoms with Gasteiger partial charge in [0, 0.05) is 23.1 Å². The quantitative estimate of drug-likeness (QED) is 0.861. The third-order valence-electron chi connectivity index (χ3n) is 3.13. The highest BCUT2D eigenvalue weighted by Gasteiger charge is 2.16. The van der Waals surface area contributed by atoms with Crippen molar-refractivity contribution in [2.24, 2.45) is 0 Å². The second kappa shape index (κ2) is 6.17. The lowest BCUT2D eigenvalue weighted by atomic mass is 10.1. The molecule has 1 fully saturated rings. The fourth-order valence-electron chi connectivity index (χ4n) is 2.10. The molecule has 4 heteroatoms. The maximum Gasteiger partial charge on any atom is 0.131 e. The number of quaternary nitrogens is 1. The second-order valence-electron chi connectivity index (χ2n) is 4.22. The van der Waals surface area contributed by atoms with Crippen molar-refractivity contribution in [3.8, 4) is 11.5 Å². The molecule has 0 radical (unpaired) electrons. The van der Waals surface area contributed by atoms with E-state index in [1.54, 1.807) is 19.1 Å². The van der Waals surface area contributed by atoms with Crippen molar-refractivity contribution in [3.63, 3.8) is 0 Å². The number of benzene rings is 1. The van der Waals surface area contributed by atoms with Gasteiger partial charge >= 0.3 is 0 Å². The van der Waals surface area contributed by atoms with Crippen LogP contribution in [0.3, 0.4) is 0 Å². The van der Waals surface area contributed by atoms with Crippen molar-refractivity contribution in [1.29, 1.82) is 0 Å². The third-order valence-corrected chi connectivity index (χ3v) is 4.12. The van der Waals surface area contributed by atoms with Crippen molar-refractivity contribution in [2.45, 2.75) is 6.54 Å². The minimum atomic E-state index is 0.856. The summed E-state index contributed by atoms with van der Waals surface area (Å²) in [7, 11) is 3.40. The van der Waals surface area contributed by atoms with E-state index >= 15 is 0 Å². The van der Waals surface area contributed by atoms with Gasteiger partial charge in [-0.2, -0.15) is 11.8 Å². The van der Waals surface area contributed by atoms with E-state index in [1.807, 2.05) is 12.1 Å². The Kier molecular flexibility index (Phi) is 4.57. The summed E-state index contributed by atoms with van der Waals surface area (Å²) >= 11 is 2.05. The predicted octanol–water partition coefficient (Wildman–Crippen LogP) is 0.835. The van der Waals surface area contributed by atoms with Gasteiger partial charge in [-0.25, -0.2) is 0 Å². The highest BCUT2D eigenvalue weighted by Crippen LogP contribution is 2.23. The van der Waals surface area contributed by atoms with Crippen LogP contribution in [0.2, 0.25) is 0 Å². The third kappa shape index (κ3) is 3.30. The number of ether oxygens (including phenoxy) is 2. The molecular formula is C13H20NO2S+. The molecule has 1 heterocycles. The first kappa shape index (κ1) is 12.6. The Morgan fingerprint density at radius 2 is 1.94 bits per heavy atom. The zero-order valence-electron chi connectivity index (χ0n) is 10.5. The molecule has 1 aromatic carbocycles.